The van der Waals surface area contributed by atoms with Gasteiger partial charge < -0.3 is 15.3 Å². The fourth-order valence-electron chi connectivity index (χ4n) is 2.19. The van der Waals surface area contributed by atoms with E-state index in [0.29, 0.717) is 13.1 Å². The highest BCUT2D eigenvalue weighted by atomic mass is 16.3. The van der Waals surface area contributed by atoms with Crippen molar-refractivity contribution >= 4 is 5.91 Å². The summed E-state index contributed by atoms with van der Waals surface area (Å²) in [6, 6.07) is 0. The lowest BCUT2D eigenvalue weighted by atomic mass is 9.84. The van der Waals surface area contributed by atoms with E-state index in [1.54, 1.807) is 0 Å². The molecule has 1 unspecified atom stereocenters. The third-order valence-corrected chi connectivity index (χ3v) is 2.88. The van der Waals surface area contributed by atoms with E-state index in [4.69, 9.17) is 0 Å². The number of β-amino-alcohol motifs (C(OH)–C–C–N with tert-alkyl or cyclic N) is 1. The van der Waals surface area contributed by atoms with Crippen LogP contribution in [0.15, 0.2) is 0 Å². The number of rotatable bonds is 0. The Hall–Kier alpha value is -0.610. The molecule has 2 aliphatic heterocycles. The quantitative estimate of drug-likeness (QED) is 0.480. The Morgan fingerprint density at radius 3 is 3.25 bits per heavy atom. The van der Waals surface area contributed by atoms with Crippen molar-refractivity contribution in [2.75, 3.05) is 26.7 Å². The Bertz CT molecular complexity index is 219. The largest absolute Gasteiger partial charge is 0.386 e. The van der Waals surface area contributed by atoms with Crippen molar-refractivity contribution in [2.45, 2.75) is 12.0 Å². The molecule has 0 saturated carbocycles. The van der Waals surface area contributed by atoms with Crippen molar-refractivity contribution in [2.24, 2.45) is 5.92 Å². The maximum absolute atomic E-state index is 11.2. The zero-order valence-electron chi connectivity index (χ0n) is 7.21. The van der Waals surface area contributed by atoms with Crippen LogP contribution in [0.1, 0.15) is 6.42 Å². The number of nitrogens with one attached hydrogen (secondary N) is 1. The number of fused-ring (bicyclic) bond motifs is 1. The monoisotopic (exact) mass is 170 g/mol. The van der Waals surface area contributed by atoms with Crippen LogP contribution >= 0.6 is 0 Å². The van der Waals surface area contributed by atoms with Gasteiger partial charge in [-0.25, -0.2) is 0 Å². The molecule has 4 heteroatoms. The molecule has 0 aromatic heterocycles. The van der Waals surface area contributed by atoms with Gasteiger partial charge in [0.2, 0.25) is 5.91 Å². The van der Waals surface area contributed by atoms with E-state index in [0.717, 1.165) is 13.0 Å². The van der Waals surface area contributed by atoms with Gasteiger partial charge in [0.25, 0.3) is 0 Å². The summed E-state index contributed by atoms with van der Waals surface area (Å²) in [5, 5.41) is 12.7. The van der Waals surface area contributed by atoms with Gasteiger partial charge in [0.05, 0.1) is 5.92 Å². The van der Waals surface area contributed by atoms with Crippen LogP contribution in [0.2, 0.25) is 0 Å². The molecule has 2 aliphatic rings. The molecule has 2 heterocycles. The van der Waals surface area contributed by atoms with Crippen molar-refractivity contribution in [3.8, 4) is 0 Å². The summed E-state index contributed by atoms with van der Waals surface area (Å²) < 4.78 is 0. The molecule has 2 N–H and O–H groups in total. The van der Waals surface area contributed by atoms with Gasteiger partial charge in [-0.2, -0.15) is 0 Å². The molecular weight excluding hydrogens is 156 g/mol. The molecule has 0 radical (unpaired) electrons. The van der Waals surface area contributed by atoms with Gasteiger partial charge in [0, 0.05) is 13.1 Å². The molecule has 0 bridgehead atoms. The van der Waals surface area contributed by atoms with Crippen LogP contribution < -0.4 is 5.32 Å². The highest BCUT2D eigenvalue weighted by Crippen LogP contribution is 2.30. The number of likely N-dealkylation sites (tertiary alicyclic amines) is 1. The fourth-order valence-corrected chi connectivity index (χ4v) is 2.19. The Balaban J connectivity index is 2.19. The molecule has 4 nitrogen and oxygen atoms in total. The third kappa shape index (κ3) is 1.03. The van der Waals surface area contributed by atoms with Gasteiger partial charge in [-0.1, -0.05) is 0 Å². The normalized spacial score (nSPS) is 42.5. The number of amides is 1. The Labute approximate surface area is 71.5 Å². The summed E-state index contributed by atoms with van der Waals surface area (Å²) in [4.78, 5) is 13.3. The number of carbonyl (C=O) groups excluding carboxylic acids is 1. The maximum atomic E-state index is 11.2. The minimum atomic E-state index is -0.802. The molecule has 2 fully saturated rings. The van der Waals surface area contributed by atoms with E-state index >= 15 is 0 Å². The number of likely N-dealkylation sites (N-methyl/N-ethyl adjacent to an activating group) is 1. The third-order valence-electron chi connectivity index (χ3n) is 2.88. The van der Waals surface area contributed by atoms with Crippen LogP contribution in [-0.4, -0.2) is 48.2 Å². The van der Waals surface area contributed by atoms with Crippen molar-refractivity contribution < 1.29 is 9.90 Å². The summed E-state index contributed by atoms with van der Waals surface area (Å²) in [5.74, 6) is -0.153. The SMILES string of the molecule is CN1CCC2C(=O)NC[C@]2(O)C1. The van der Waals surface area contributed by atoms with Crippen LogP contribution in [0.4, 0.5) is 0 Å². The molecule has 2 saturated heterocycles. The van der Waals surface area contributed by atoms with E-state index in [1.165, 1.54) is 0 Å². The average molecular weight is 170 g/mol. The number of hydrogen-bond donors (Lipinski definition) is 2. The van der Waals surface area contributed by atoms with Gasteiger partial charge in [-0.15, -0.1) is 0 Å². The first kappa shape index (κ1) is 8.01. The summed E-state index contributed by atoms with van der Waals surface area (Å²) in [5.41, 5.74) is -0.802. The molecule has 12 heavy (non-hydrogen) atoms. The minimum Gasteiger partial charge on any atom is -0.386 e. The second-order valence-electron chi connectivity index (χ2n) is 3.90. The molecule has 2 rings (SSSR count). The Kier molecular flexibility index (Phi) is 1.63. The van der Waals surface area contributed by atoms with Crippen molar-refractivity contribution in [1.82, 2.24) is 10.2 Å². The van der Waals surface area contributed by atoms with Crippen molar-refractivity contribution in [3.63, 3.8) is 0 Å². The summed E-state index contributed by atoms with van der Waals surface area (Å²) in [6.45, 7) is 1.93. The molecule has 68 valence electrons. The highest BCUT2D eigenvalue weighted by Gasteiger charge is 2.49. The van der Waals surface area contributed by atoms with Crippen molar-refractivity contribution in [3.05, 3.63) is 0 Å². The second kappa shape index (κ2) is 2.44. The average Bonchev–Trinajstić information content (AvgIpc) is 2.27. The lowest BCUT2D eigenvalue weighted by Crippen LogP contribution is -2.52. The van der Waals surface area contributed by atoms with E-state index in [9.17, 15) is 9.90 Å². The molecule has 1 amide bonds. The van der Waals surface area contributed by atoms with Crippen LogP contribution in [-0.2, 0) is 4.79 Å². The topological polar surface area (TPSA) is 52.6 Å². The van der Waals surface area contributed by atoms with Gasteiger partial charge in [-0.3, -0.25) is 4.79 Å². The molecule has 0 aromatic rings. The smallest absolute Gasteiger partial charge is 0.226 e. The standard InChI is InChI=1S/C8H14N2O2/c1-10-3-2-6-7(11)9-4-8(6,12)5-10/h6,12H,2-5H2,1H3,(H,9,11)/t6?,8-/m0/s1. The van der Waals surface area contributed by atoms with Gasteiger partial charge in [0.15, 0.2) is 0 Å². The number of nitrogens with zero attached hydrogens (tertiary/aromatic N) is 1. The van der Waals surface area contributed by atoms with E-state index in [2.05, 4.69) is 10.2 Å². The van der Waals surface area contributed by atoms with Crippen LogP contribution in [0.5, 0.6) is 0 Å². The lowest BCUT2D eigenvalue weighted by Gasteiger charge is -2.37. The van der Waals surface area contributed by atoms with E-state index in [-0.39, 0.29) is 11.8 Å². The summed E-state index contributed by atoms with van der Waals surface area (Å²) in [6.07, 6.45) is 0.777. The second-order valence-corrected chi connectivity index (χ2v) is 3.90. The fraction of sp³-hybridized carbons (Fsp3) is 0.875. The Morgan fingerprint density at radius 2 is 2.50 bits per heavy atom. The van der Waals surface area contributed by atoms with Crippen LogP contribution in [0.3, 0.4) is 0 Å². The summed E-state index contributed by atoms with van der Waals surface area (Å²) in [7, 11) is 1.97. The zero-order chi connectivity index (χ0) is 8.77. The number of aliphatic hydroxyl groups is 1. The van der Waals surface area contributed by atoms with Gasteiger partial charge in [0.1, 0.15) is 5.60 Å². The molecule has 0 spiro atoms. The van der Waals surface area contributed by atoms with Crippen molar-refractivity contribution in [1.29, 1.82) is 0 Å². The number of piperidine rings is 1. The zero-order valence-corrected chi connectivity index (χ0v) is 7.21. The first-order chi connectivity index (χ1) is 5.62. The number of carbonyl (C=O) groups is 1. The van der Waals surface area contributed by atoms with Crippen LogP contribution in [0, 0.1) is 5.92 Å². The minimum absolute atomic E-state index is 0.0191. The molecule has 0 aliphatic carbocycles. The van der Waals surface area contributed by atoms with Gasteiger partial charge in [-0.05, 0) is 20.0 Å². The summed E-state index contributed by atoms with van der Waals surface area (Å²) >= 11 is 0. The maximum Gasteiger partial charge on any atom is 0.226 e. The predicted molar refractivity (Wildman–Crippen MR) is 43.6 cm³/mol. The highest BCUT2D eigenvalue weighted by molar-refractivity contribution is 5.82. The molecule has 2 atom stereocenters. The lowest BCUT2D eigenvalue weighted by molar-refractivity contribution is -0.129. The number of hydrogen-bond acceptors (Lipinski definition) is 3. The first-order valence-electron chi connectivity index (χ1n) is 4.30. The molecular formula is C8H14N2O2. The van der Waals surface area contributed by atoms with E-state index in [1.807, 2.05) is 7.05 Å². The van der Waals surface area contributed by atoms with Crippen LogP contribution in [0.25, 0.3) is 0 Å². The first-order valence-corrected chi connectivity index (χ1v) is 4.30. The van der Waals surface area contributed by atoms with E-state index < -0.39 is 5.60 Å². The predicted octanol–water partition coefficient (Wildman–Crippen LogP) is -1.20. The Morgan fingerprint density at radius 1 is 1.75 bits per heavy atom. The van der Waals surface area contributed by atoms with Gasteiger partial charge >= 0.3 is 0 Å². The molecule has 0 aromatic carbocycles.